The van der Waals surface area contributed by atoms with E-state index >= 15 is 0 Å². The lowest BCUT2D eigenvalue weighted by Crippen LogP contribution is -2.42. The van der Waals surface area contributed by atoms with E-state index in [9.17, 15) is 59.1 Å². The summed E-state index contributed by atoms with van der Waals surface area (Å²) in [5, 5.41) is 70.7. The predicted octanol–water partition coefficient (Wildman–Crippen LogP) is 2.46. The number of carbonyl (C=O) groups is 7. The number of amides is 2. The van der Waals surface area contributed by atoms with Crippen LogP contribution in [-0.4, -0.2) is 253 Å². The maximum atomic E-state index is 12.2. The van der Waals surface area contributed by atoms with Crippen molar-refractivity contribution < 1.29 is 137 Å². The van der Waals surface area contributed by atoms with Gasteiger partial charge in [0.25, 0.3) is 11.8 Å². The minimum Gasteiger partial charge on any atom is -0.870 e. The van der Waals surface area contributed by atoms with E-state index in [1.165, 1.54) is 40.7 Å². The Labute approximate surface area is 636 Å². The summed E-state index contributed by atoms with van der Waals surface area (Å²) in [6.07, 6.45) is -3.43. The number of hydrogen-bond donors (Lipinski definition) is 10. The first-order chi connectivity index (χ1) is 51.4. The molecule has 0 aromatic heterocycles. The number of carbonyl (C=O) groups excluding carboxylic acids is 7. The van der Waals surface area contributed by atoms with Crippen LogP contribution in [0, 0.1) is 34.6 Å². The lowest BCUT2D eigenvalue weighted by molar-refractivity contribution is -0.157. The number of rotatable bonds is 16. The van der Waals surface area contributed by atoms with Crippen LogP contribution in [0.25, 0.3) is 0 Å². The van der Waals surface area contributed by atoms with Crippen molar-refractivity contribution in [2.24, 2.45) is 20.7 Å². The van der Waals surface area contributed by atoms with Crippen molar-refractivity contribution in [2.45, 2.75) is 156 Å². The Balaban J connectivity index is 0.000000282. The van der Waals surface area contributed by atoms with Crippen LogP contribution in [-0.2, 0) is 72.1 Å². The van der Waals surface area contributed by atoms with E-state index in [0.717, 1.165) is 11.1 Å². The molecule has 2 amide bonds. The lowest BCUT2D eigenvalue weighted by atomic mass is 10.1. The number of hydrogen-bond acceptors (Lipinski definition) is 31. The summed E-state index contributed by atoms with van der Waals surface area (Å²) >= 11 is 0. The molecule has 4 saturated heterocycles. The average Bonchev–Trinajstić information content (AvgIpc) is 1.64. The molecule has 604 valence electrons. The van der Waals surface area contributed by atoms with Crippen molar-refractivity contribution in [1.82, 2.24) is 10.6 Å². The molecule has 12 atom stereocenters. The molecule has 4 fully saturated rings. The molecule has 5 aromatic rings. The maximum absolute atomic E-state index is 12.2. The van der Waals surface area contributed by atoms with Gasteiger partial charge in [-0.05, 0) is 95.3 Å². The van der Waals surface area contributed by atoms with Crippen molar-refractivity contribution in [1.29, 1.82) is 0 Å². The van der Waals surface area contributed by atoms with Gasteiger partial charge in [-0.3, -0.25) is 33.6 Å². The molecule has 15 N–H and O–H groups in total. The van der Waals surface area contributed by atoms with Crippen LogP contribution >= 0.6 is 0 Å². The number of aliphatic imine (C=N–C) groups is 3. The summed E-state index contributed by atoms with van der Waals surface area (Å²) in [5.74, 6) is 0.133. The second-order valence-electron chi connectivity index (χ2n) is 25.1. The molecular weight excluding hydrogens is 1440 g/mol. The van der Waals surface area contributed by atoms with E-state index in [0.29, 0.717) is 112 Å². The number of ether oxygens (including phenoxy) is 12. The van der Waals surface area contributed by atoms with E-state index in [4.69, 9.17) is 72.8 Å². The molecule has 7 aliphatic rings. The maximum Gasteiger partial charge on any atom is 0.308 e. The number of nitrogens with zero attached hydrogens (tertiary/aromatic N) is 3. The van der Waals surface area contributed by atoms with Gasteiger partial charge in [0.1, 0.15) is 78.9 Å². The fourth-order valence-corrected chi connectivity index (χ4v) is 10.9. The number of aliphatic hydroxyl groups is 5. The van der Waals surface area contributed by atoms with Crippen LogP contribution in [0.15, 0.2) is 106 Å². The van der Waals surface area contributed by atoms with Crippen LogP contribution in [0.5, 0.6) is 28.7 Å². The Morgan fingerprint density at radius 3 is 1.35 bits per heavy atom. The number of nitrogens with one attached hydrogen (secondary N) is 2. The number of aromatic hydroxyl groups is 2. The van der Waals surface area contributed by atoms with E-state index in [-0.39, 0.29) is 111 Å². The molecule has 34 nitrogen and oxygen atoms in total. The van der Waals surface area contributed by atoms with Gasteiger partial charge in [0.15, 0.2) is 6.10 Å². The fraction of sp³-hybridized carbons (Fsp3) is 0.474. The van der Waals surface area contributed by atoms with Gasteiger partial charge < -0.3 is 120 Å². The lowest BCUT2D eigenvalue weighted by Gasteiger charge is -2.19. The predicted molar refractivity (Wildman–Crippen MR) is 396 cm³/mol. The van der Waals surface area contributed by atoms with Crippen LogP contribution < -0.4 is 30.6 Å². The van der Waals surface area contributed by atoms with E-state index in [1.807, 2.05) is 32.9 Å². The standard InChI is InChI=1S/C18H21NO7.C14H17NO5.C14H15NO4.2C12H15NO4.C4H9NO2.C2H6.2H2O/c1-10-14(6-5-7-16(10)25-12(3)21)18-19-15(8-24-18)17(26-13(4)22)9-23-11(2)20;1-8-10(4-3-5-13(8)20-9(2)16)14(18)15-11-6-19-7-12(11)17;1-8-10(4-3-5-12(8)18-9(2)16)14-15-11-6-17-7-13(11)19-14;1-7-8(3-2-4-10(7)15)12-13-9(6-17-12)11(16)5-14;1-7-8(3-2-4-10(7)14)12(16)13-9-5-17-6-11(9)15;5-3-1-7-2-4(3)6;1-2;;/h5-7,15,17H,8-9H2,1-4H3;3-5,11-12,17H,6-7H2,1-2H3,(H,15,18);3-5,11,13H,6-7H2,1-2H3;2-4,9,11,14-16H,5-6H2,1H3;2-4,9,11,14-15H,5-6H2,1H3,(H,13,16);3-4,6H,1-2,5H2;1-2H3;2*1H2/t15-,17+;11?,12-;11-,13?;2*9?,11-;3-,4-;;;/m000110.../s1. The highest BCUT2D eigenvalue weighted by atomic mass is 16.6. The number of esters is 5. The number of benzene rings is 5. The van der Waals surface area contributed by atoms with Crippen LogP contribution in [0.3, 0.4) is 0 Å². The summed E-state index contributed by atoms with van der Waals surface area (Å²) in [6, 6.07) is 23.6. The van der Waals surface area contributed by atoms with Crippen LogP contribution in [0.4, 0.5) is 0 Å². The third-order valence-electron chi connectivity index (χ3n) is 17.0. The van der Waals surface area contributed by atoms with Crippen LogP contribution in [0.1, 0.15) is 114 Å². The summed E-state index contributed by atoms with van der Waals surface area (Å²) in [6.45, 7) is 22.5. The van der Waals surface area contributed by atoms with Crippen molar-refractivity contribution in [3.8, 4) is 28.7 Å². The van der Waals surface area contributed by atoms with Gasteiger partial charge in [-0.2, -0.15) is 0 Å². The SMILES string of the molecule is CC.CC(=O)OC[C@@H](OC(C)=O)[C@@H]1COC(c2cccc(OC(C)=O)c2C)=N1.CC(=O)Oc1cccc(C(=O)NC2COC[C@@H]2O)c1C.CC(=O)Oc1cccc(C2=N[C@H]3COCC3O2)c1C.Cc1c(O)cccc1C(=O)NC1COC[C@H]1O.Cc1c(O)cccc1C1=NC([C@H](O)CO)CO1.N[C@H]1COC[C@@H]1O.[OH-].[OH3+]. The molecule has 7 aliphatic heterocycles. The molecule has 0 saturated carbocycles. The molecule has 110 heavy (non-hydrogen) atoms. The van der Waals surface area contributed by atoms with E-state index in [1.54, 1.807) is 100 Å². The molecule has 7 heterocycles. The average molecular weight is 1550 g/mol. The van der Waals surface area contributed by atoms with Crippen molar-refractivity contribution in [2.75, 3.05) is 79.3 Å². The summed E-state index contributed by atoms with van der Waals surface area (Å²) in [4.78, 5) is 92.9. The van der Waals surface area contributed by atoms with Gasteiger partial charge in [-0.25, -0.2) is 15.0 Å². The monoisotopic (exact) mass is 1550 g/mol. The van der Waals surface area contributed by atoms with Gasteiger partial charge in [0.2, 0.25) is 17.7 Å². The molecular formula is C76H102N6O28. The molecule has 4 unspecified atom stereocenters. The fourth-order valence-electron chi connectivity index (χ4n) is 10.9. The van der Waals surface area contributed by atoms with Gasteiger partial charge in [0, 0.05) is 90.3 Å². The third kappa shape index (κ3) is 26.9. The van der Waals surface area contributed by atoms with E-state index in [2.05, 4.69) is 25.6 Å². The molecule has 0 aliphatic carbocycles. The highest BCUT2D eigenvalue weighted by Gasteiger charge is 2.38. The number of nitrogens with two attached hydrogens (primary N) is 1. The zero-order valence-electron chi connectivity index (χ0n) is 63.4. The largest absolute Gasteiger partial charge is 0.870 e. The first-order valence-corrected chi connectivity index (χ1v) is 34.8. The van der Waals surface area contributed by atoms with Crippen LogP contribution in [0.2, 0.25) is 0 Å². The van der Waals surface area contributed by atoms with Crippen molar-refractivity contribution in [3.05, 3.63) is 147 Å². The minimum absolute atomic E-state index is 0. The highest BCUT2D eigenvalue weighted by molar-refractivity contribution is 6.00. The highest BCUT2D eigenvalue weighted by Crippen LogP contribution is 2.31. The van der Waals surface area contributed by atoms with E-state index < -0.39 is 72.5 Å². The Bertz CT molecular complexity index is 3990. The Hall–Kier alpha value is -10.1. The number of aliphatic hydroxyl groups excluding tert-OH is 5. The third-order valence-corrected chi connectivity index (χ3v) is 17.0. The minimum atomic E-state index is -0.912. The molecule has 5 aromatic carbocycles. The normalized spacial score (nSPS) is 21.8. The summed E-state index contributed by atoms with van der Waals surface area (Å²) in [5.41, 5.74) is 11.7. The first kappa shape index (κ1) is 92.3. The molecule has 0 spiro atoms. The Morgan fingerprint density at radius 1 is 0.500 bits per heavy atom. The second kappa shape index (κ2) is 45.2. The topological polar surface area (TPSA) is 522 Å². The Kier molecular flexibility index (Phi) is 37.9. The summed E-state index contributed by atoms with van der Waals surface area (Å²) < 4.78 is 62.5. The van der Waals surface area contributed by atoms with Gasteiger partial charge in [0.05, 0.1) is 95.9 Å². The smallest absolute Gasteiger partial charge is 0.308 e. The molecule has 34 heteroatoms. The molecule has 12 rings (SSSR count). The van der Waals surface area contributed by atoms with Gasteiger partial charge in [-0.1, -0.05) is 44.2 Å². The Morgan fingerprint density at radius 2 is 0.918 bits per heavy atom. The van der Waals surface area contributed by atoms with Gasteiger partial charge >= 0.3 is 29.8 Å². The van der Waals surface area contributed by atoms with Gasteiger partial charge in [-0.15, -0.1) is 0 Å². The zero-order valence-corrected chi connectivity index (χ0v) is 63.4. The number of phenolic OH excluding ortho intramolecular Hbond substituents is 2. The number of phenols is 2. The molecule has 0 radical (unpaired) electrons. The summed E-state index contributed by atoms with van der Waals surface area (Å²) in [7, 11) is 0. The van der Waals surface area contributed by atoms with Crippen molar-refractivity contribution >= 4 is 59.4 Å². The number of fused-ring (bicyclic) bond motifs is 1. The molecule has 0 bridgehead atoms. The zero-order chi connectivity index (χ0) is 79.5. The van der Waals surface area contributed by atoms with Crippen molar-refractivity contribution in [3.63, 3.8) is 0 Å². The first-order valence-electron chi connectivity index (χ1n) is 34.8. The quantitative estimate of drug-likeness (QED) is 0.0385. The second-order valence-corrected chi connectivity index (χ2v) is 25.1.